The van der Waals surface area contributed by atoms with Crippen LogP contribution in [0.15, 0.2) is 6.07 Å². The number of rotatable bonds is 5. The SMILES string of the molecule is Cc1cc(NCC2(CCN)CC2)nc(C)n1. The number of anilines is 1. The molecule has 1 heterocycles. The Morgan fingerprint density at radius 1 is 1.38 bits per heavy atom. The first-order valence-corrected chi connectivity index (χ1v) is 5.90. The molecule has 88 valence electrons. The van der Waals surface area contributed by atoms with E-state index in [1.807, 2.05) is 19.9 Å². The predicted molar refractivity (Wildman–Crippen MR) is 65.3 cm³/mol. The third kappa shape index (κ3) is 2.70. The molecular formula is C12H20N4. The molecule has 1 fully saturated rings. The maximum Gasteiger partial charge on any atom is 0.129 e. The van der Waals surface area contributed by atoms with Crippen molar-refractivity contribution in [3.63, 3.8) is 0 Å². The summed E-state index contributed by atoms with van der Waals surface area (Å²) in [5.74, 6) is 1.76. The van der Waals surface area contributed by atoms with Gasteiger partial charge in [0, 0.05) is 18.3 Å². The summed E-state index contributed by atoms with van der Waals surface area (Å²) in [5, 5.41) is 3.41. The molecule has 0 spiro atoms. The third-order valence-electron chi connectivity index (χ3n) is 3.24. The van der Waals surface area contributed by atoms with Gasteiger partial charge in [0.05, 0.1) is 0 Å². The summed E-state index contributed by atoms with van der Waals surface area (Å²) in [6.07, 6.45) is 3.70. The van der Waals surface area contributed by atoms with E-state index in [9.17, 15) is 0 Å². The summed E-state index contributed by atoms with van der Waals surface area (Å²) in [4.78, 5) is 8.63. The van der Waals surface area contributed by atoms with Crippen molar-refractivity contribution in [2.45, 2.75) is 33.1 Å². The molecule has 1 aliphatic rings. The zero-order chi connectivity index (χ0) is 11.6. The summed E-state index contributed by atoms with van der Waals surface area (Å²) < 4.78 is 0. The highest BCUT2D eigenvalue weighted by Gasteiger charge is 2.41. The first kappa shape index (κ1) is 11.3. The molecule has 0 amide bonds. The van der Waals surface area contributed by atoms with Crippen LogP contribution in [0.5, 0.6) is 0 Å². The Kier molecular flexibility index (Phi) is 3.10. The molecule has 3 N–H and O–H groups in total. The van der Waals surface area contributed by atoms with Crippen LogP contribution in [0.3, 0.4) is 0 Å². The van der Waals surface area contributed by atoms with Crippen molar-refractivity contribution < 1.29 is 0 Å². The number of nitrogens with one attached hydrogen (secondary N) is 1. The van der Waals surface area contributed by atoms with E-state index in [1.54, 1.807) is 0 Å². The van der Waals surface area contributed by atoms with Crippen LogP contribution in [-0.2, 0) is 0 Å². The minimum atomic E-state index is 0.446. The summed E-state index contributed by atoms with van der Waals surface area (Å²) in [6, 6.07) is 1.99. The van der Waals surface area contributed by atoms with E-state index in [2.05, 4.69) is 15.3 Å². The second-order valence-corrected chi connectivity index (χ2v) is 4.83. The lowest BCUT2D eigenvalue weighted by molar-refractivity contribution is 0.500. The van der Waals surface area contributed by atoms with E-state index in [1.165, 1.54) is 12.8 Å². The lowest BCUT2D eigenvalue weighted by atomic mass is 10.0. The van der Waals surface area contributed by atoms with Crippen LogP contribution in [0.25, 0.3) is 0 Å². The van der Waals surface area contributed by atoms with Gasteiger partial charge in [-0.25, -0.2) is 9.97 Å². The van der Waals surface area contributed by atoms with Crippen LogP contribution < -0.4 is 11.1 Å². The topological polar surface area (TPSA) is 63.8 Å². The standard InChI is InChI=1S/C12H20N4/c1-9-7-11(16-10(2)15-9)14-8-12(3-4-12)5-6-13/h7H,3-6,8,13H2,1-2H3,(H,14,15,16). The molecule has 1 saturated carbocycles. The Balaban J connectivity index is 1.94. The fraction of sp³-hybridized carbons (Fsp3) is 0.667. The Morgan fingerprint density at radius 2 is 2.12 bits per heavy atom. The molecule has 0 bridgehead atoms. The molecule has 0 aromatic carbocycles. The highest BCUT2D eigenvalue weighted by molar-refractivity contribution is 5.36. The third-order valence-corrected chi connectivity index (χ3v) is 3.24. The number of hydrogen-bond acceptors (Lipinski definition) is 4. The van der Waals surface area contributed by atoms with Crippen molar-refractivity contribution in [3.05, 3.63) is 17.6 Å². The van der Waals surface area contributed by atoms with Gasteiger partial charge in [0.1, 0.15) is 11.6 Å². The summed E-state index contributed by atoms with van der Waals surface area (Å²) in [6.45, 7) is 5.68. The largest absolute Gasteiger partial charge is 0.369 e. The summed E-state index contributed by atoms with van der Waals surface area (Å²) in [7, 11) is 0. The summed E-state index contributed by atoms with van der Waals surface area (Å²) in [5.41, 5.74) is 7.08. The number of nitrogens with zero attached hydrogens (tertiary/aromatic N) is 2. The van der Waals surface area contributed by atoms with Crippen LogP contribution >= 0.6 is 0 Å². The molecule has 4 nitrogen and oxygen atoms in total. The van der Waals surface area contributed by atoms with E-state index in [-0.39, 0.29) is 0 Å². The zero-order valence-corrected chi connectivity index (χ0v) is 10.1. The van der Waals surface area contributed by atoms with Gasteiger partial charge in [0.25, 0.3) is 0 Å². The average molecular weight is 220 g/mol. The minimum absolute atomic E-state index is 0.446. The molecule has 0 atom stereocenters. The molecule has 0 saturated heterocycles. The van der Waals surface area contributed by atoms with E-state index in [0.717, 1.165) is 36.8 Å². The minimum Gasteiger partial charge on any atom is -0.369 e. The molecule has 16 heavy (non-hydrogen) atoms. The molecule has 1 aliphatic carbocycles. The van der Waals surface area contributed by atoms with Gasteiger partial charge >= 0.3 is 0 Å². The number of aryl methyl sites for hydroxylation is 2. The predicted octanol–water partition coefficient (Wildman–Crippen LogP) is 1.63. The highest BCUT2D eigenvalue weighted by Crippen LogP contribution is 2.48. The molecule has 0 unspecified atom stereocenters. The first-order valence-electron chi connectivity index (χ1n) is 5.90. The quantitative estimate of drug-likeness (QED) is 0.791. The van der Waals surface area contributed by atoms with Crippen molar-refractivity contribution >= 4 is 5.82 Å². The summed E-state index contributed by atoms with van der Waals surface area (Å²) >= 11 is 0. The van der Waals surface area contributed by atoms with Crippen molar-refractivity contribution in [3.8, 4) is 0 Å². The van der Waals surface area contributed by atoms with E-state index in [0.29, 0.717) is 5.41 Å². The van der Waals surface area contributed by atoms with Crippen LogP contribution in [0.2, 0.25) is 0 Å². The van der Waals surface area contributed by atoms with Gasteiger partial charge in [-0.15, -0.1) is 0 Å². The van der Waals surface area contributed by atoms with Gasteiger partial charge in [-0.3, -0.25) is 0 Å². The van der Waals surface area contributed by atoms with E-state index < -0.39 is 0 Å². The van der Waals surface area contributed by atoms with Crippen molar-refractivity contribution in [1.29, 1.82) is 0 Å². The van der Waals surface area contributed by atoms with Crippen molar-refractivity contribution in [1.82, 2.24) is 9.97 Å². The Bertz CT molecular complexity index is 351. The van der Waals surface area contributed by atoms with Gasteiger partial charge in [-0.1, -0.05) is 0 Å². The zero-order valence-electron chi connectivity index (χ0n) is 10.1. The molecule has 4 heteroatoms. The Labute approximate surface area is 96.7 Å². The van der Waals surface area contributed by atoms with Gasteiger partial charge in [-0.05, 0) is 45.1 Å². The smallest absolute Gasteiger partial charge is 0.129 e. The number of nitrogens with two attached hydrogens (primary N) is 1. The first-order chi connectivity index (χ1) is 7.63. The van der Waals surface area contributed by atoms with Gasteiger partial charge in [0.2, 0.25) is 0 Å². The Hall–Kier alpha value is -1.16. The van der Waals surface area contributed by atoms with Crippen molar-refractivity contribution in [2.75, 3.05) is 18.4 Å². The lowest BCUT2D eigenvalue weighted by Crippen LogP contribution is -2.19. The highest BCUT2D eigenvalue weighted by atomic mass is 15.0. The monoisotopic (exact) mass is 220 g/mol. The molecule has 0 aliphatic heterocycles. The number of hydrogen-bond donors (Lipinski definition) is 2. The second-order valence-electron chi connectivity index (χ2n) is 4.83. The maximum absolute atomic E-state index is 5.62. The van der Waals surface area contributed by atoms with Gasteiger partial charge in [-0.2, -0.15) is 0 Å². The average Bonchev–Trinajstić information content (AvgIpc) is 2.95. The molecule has 1 aromatic heterocycles. The van der Waals surface area contributed by atoms with E-state index in [4.69, 9.17) is 5.73 Å². The maximum atomic E-state index is 5.62. The van der Waals surface area contributed by atoms with Crippen LogP contribution in [0.1, 0.15) is 30.8 Å². The van der Waals surface area contributed by atoms with Gasteiger partial charge in [0.15, 0.2) is 0 Å². The molecule has 0 radical (unpaired) electrons. The second kappa shape index (κ2) is 4.37. The molecular weight excluding hydrogens is 200 g/mol. The normalized spacial score (nSPS) is 17.2. The molecule has 1 aromatic rings. The lowest BCUT2D eigenvalue weighted by Gasteiger charge is -2.15. The molecule has 2 rings (SSSR count). The van der Waals surface area contributed by atoms with E-state index >= 15 is 0 Å². The number of aromatic nitrogens is 2. The van der Waals surface area contributed by atoms with Crippen LogP contribution in [-0.4, -0.2) is 23.1 Å². The van der Waals surface area contributed by atoms with Crippen molar-refractivity contribution in [2.24, 2.45) is 11.1 Å². The van der Waals surface area contributed by atoms with Crippen LogP contribution in [0.4, 0.5) is 5.82 Å². The fourth-order valence-electron chi connectivity index (χ4n) is 2.08. The van der Waals surface area contributed by atoms with Crippen LogP contribution in [0, 0.1) is 19.3 Å². The Morgan fingerprint density at radius 3 is 2.69 bits per heavy atom. The van der Waals surface area contributed by atoms with Gasteiger partial charge < -0.3 is 11.1 Å². The fourth-order valence-corrected chi connectivity index (χ4v) is 2.08.